The molecule has 1 heterocycles. The van der Waals surface area contributed by atoms with Crippen molar-refractivity contribution in [2.45, 2.75) is 13.8 Å². The van der Waals surface area contributed by atoms with Gasteiger partial charge in [0.1, 0.15) is 0 Å². The van der Waals surface area contributed by atoms with Gasteiger partial charge >= 0.3 is 0 Å². The second-order valence-electron chi connectivity index (χ2n) is 6.57. The number of carbonyl (C=O) groups excluding carboxylic acids is 1. The number of nitrogens with zero attached hydrogens (tertiary/aromatic N) is 3. The summed E-state index contributed by atoms with van der Waals surface area (Å²) in [4.78, 5) is 14.4. The first-order valence-electron chi connectivity index (χ1n) is 8.57. The van der Waals surface area contributed by atoms with Crippen LogP contribution in [0, 0.1) is 13.8 Å². The van der Waals surface area contributed by atoms with Gasteiger partial charge in [-0.3, -0.25) is 4.79 Å². The highest BCUT2D eigenvalue weighted by molar-refractivity contribution is 6.06. The number of hydrogen-bond donors (Lipinski definition) is 0. The second kappa shape index (κ2) is 7.40. The molecule has 0 spiro atoms. The summed E-state index contributed by atoms with van der Waals surface area (Å²) in [7, 11) is 4.01. The van der Waals surface area contributed by atoms with Gasteiger partial charge in [0.2, 0.25) is 0 Å². The molecule has 0 radical (unpaired) electrons. The average Bonchev–Trinajstić information content (AvgIpc) is 2.98. The van der Waals surface area contributed by atoms with Crippen molar-refractivity contribution in [3.63, 3.8) is 0 Å². The van der Waals surface area contributed by atoms with Gasteiger partial charge in [-0.15, -0.1) is 0 Å². The minimum atomic E-state index is -0.0124. The normalized spacial score (nSPS) is 11.1. The van der Waals surface area contributed by atoms with E-state index in [1.807, 2.05) is 98.2 Å². The molecule has 0 unspecified atom stereocenters. The molecule has 0 atom stereocenters. The van der Waals surface area contributed by atoms with Crippen LogP contribution in [0.25, 0.3) is 11.8 Å². The fourth-order valence-corrected chi connectivity index (χ4v) is 2.81. The van der Waals surface area contributed by atoms with E-state index < -0.39 is 0 Å². The summed E-state index contributed by atoms with van der Waals surface area (Å²) in [6.07, 6.45) is 3.46. The lowest BCUT2D eigenvalue weighted by Crippen LogP contribution is -2.07. The van der Waals surface area contributed by atoms with Gasteiger partial charge in [-0.05, 0) is 68.0 Å². The Bertz CT molecular complexity index is 933. The van der Waals surface area contributed by atoms with Crippen LogP contribution < -0.4 is 4.90 Å². The molecule has 0 aliphatic carbocycles. The lowest BCUT2D eigenvalue weighted by Gasteiger charge is -2.11. The monoisotopic (exact) mass is 345 g/mol. The maximum absolute atomic E-state index is 12.4. The third-order valence-corrected chi connectivity index (χ3v) is 4.24. The van der Waals surface area contributed by atoms with Crippen molar-refractivity contribution in [3.8, 4) is 5.69 Å². The average molecular weight is 345 g/mol. The zero-order valence-corrected chi connectivity index (χ0v) is 15.6. The first kappa shape index (κ1) is 17.7. The molecule has 4 heteroatoms. The highest BCUT2D eigenvalue weighted by Gasteiger charge is 2.06. The Hall–Kier alpha value is -3.14. The molecule has 3 rings (SSSR count). The largest absolute Gasteiger partial charge is 0.378 e. The molecule has 0 amide bonds. The van der Waals surface area contributed by atoms with Crippen molar-refractivity contribution >= 4 is 17.5 Å². The Morgan fingerprint density at radius 3 is 2.19 bits per heavy atom. The molecule has 0 aliphatic heterocycles. The van der Waals surface area contributed by atoms with E-state index in [0.717, 1.165) is 28.3 Å². The second-order valence-corrected chi connectivity index (χ2v) is 6.57. The number of benzene rings is 2. The van der Waals surface area contributed by atoms with Gasteiger partial charge in [0.15, 0.2) is 5.78 Å². The summed E-state index contributed by atoms with van der Waals surface area (Å²) in [6, 6.07) is 17.6. The lowest BCUT2D eigenvalue weighted by atomic mass is 10.1. The molecule has 0 saturated carbocycles. The predicted octanol–water partition coefficient (Wildman–Crippen LogP) is 4.45. The molecule has 2 aromatic carbocycles. The van der Waals surface area contributed by atoms with E-state index >= 15 is 0 Å². The fraction of sp³-hybridized carbons (Fsp3) is 0.182. The van der Waals surface area contributed by atoms with E-state index in [2.05, 4.69) is 5.10 Å². The minimum absolute atomic E-state index is 0.0124. The van der Waals surface area contributed by atoms with E-state index in [1.54, 1.807) is 6.08 Å². The maximum atomic E-state index is 12.4. The highest BCUT2D eigenvalue weighted by atomic mass is 16.1. The summed E-state index contributed by atoms with van der Waals surface area (Å²) in [5.74, 6) is -0.0124. The van der Waals surface area contributed by atoms with Crippen LogP contribution in [-0.2, 0) is 0 Å². The van der Waals surface area contributed by atoms with E-state index in [0.29, 0.717) is 5.56 Å². The summed E-state index contributed by atoms with van der Waals surface area (Å²) < 4.78 is 1.88. The van der Waals surface area contributed by atoms with Crippen molar-refractivity contribution < 1.29 is 4.79 Å². The highest BCUT2D eigenvalue weighted by Crippen LogP contribution is 2.15. The summed E-state index contributed by atoms with van der Waals surface area (Å²) in [5, 5.41) is 4.46. The molecule has 0 aliphatic rings. The van der Waals surface area contributed by atoms with E-state index in [1.165, 1.54) is 0 Å². The van der Waals surface area contributed by atoms with Gasteiger partial charge in [0, 0.05) is 31.0 Å². The molecule has 26 heavy (non-hydrogen) atoms. The molecule has 0 bridgehead atoms. The number of allylic oxidation sites excluding steroid dienone is 1. The Morgan fingerprint density at radius 2 is 1.65 bits per heavy atom. The minimum Gasteiger partial charge on any atom is -0.378 e. The quantitative estimate of drug-likeness (QED) is 0.506. The van der Waals surface area contributed by atoms with E-state index in [-0.39, 0.29) is 5.78 Å². The van der Waals surface area contributed by atoms with Crippen LogP contribution in [-0.4, -0.2) is 29.7 Å². The van der Waals surface area contributed by atoms with Gasteiger partial charge in [0.25, 0.3) is 0 Å². The van der Waals surface area contributed by atoms with Crippen LogP contribution in [0.3, 0.4) is 0 Å². The van der Waals surface area contributed by atoms with Crippen molar-refractivity contribution in [3.05, 3.63) is 83.2 Å². The van der Waals surface area contributed by atoms with Crippen LogP contribution in [0.2, 0.25) is 0 Å². The van der Waals surface area contributed by atoms with Crippen molar-refractivity contribution in [1.29, 1.82) is 0 Å². The molecule has 132 valence electrons. The van der Waals surface area contributed by atoms with Gasteiger partial charge in [-0.2, -0.15) is 5.10 Å². The topological polar surface area (TPSA) is 38.1 Å². The molecule has 0 N–H and O–H groups in total. The van der Waals surface area contributed by atoms with Crippen LogP contribution in [0.4, 0.5) is 5.69 Å². The Morgan fingerprint density at radius 1 is 1.00 bits per heavy atom. The Balaban J connectivity index is 1.72. The zero-order chi connectivity index (χ0) is 18.7. The molecule has 0 saturated heterocycles. The van der Waals surface area contributed by atoms with Crippen molar-refractivity contribution in [2.24, 2.45) is 0 Å². The predicted molar refractivity (Wildman–Crippen MR) is 107 cm³/mol. The fourth-order valence-electron chi connectivity index (χ4n) is 2.81. The summed E-state index contributed by atoms with van der Waals surface area (Å²) in [6.45, 7) is 3.99. The van der Waals surface area contributed by atoms with Gasteiger partial charge < -0.3 is 4.90 Å². The molecule has 3 aromatic rings. The molecular weight excluding hydrogens is 322 g/mol. The zero-order valence-electron chi connectivity index (χ0n) is 15.6. The lowest BCUT2D eigenvalue weighted by molar-refractivity contribution is 0.104. The Kier molecular flexibility index (Phi) is 5.03. The number of aromatic nitrogens is 2. The van der Waals surface area contributed by atoms with Crippen molar-refractivity contribution in [2.75, 3.05) is 19.0 Å². The number of anilines is 1. The Labute approximate surface area is 154 Å². The standard InChI is InChI=1S/C22H23N3O/c1-16-15-17(2)25(23-16)21-12-8-19(9-13-21)22(26)14-7-18-5-10-20(11-6-18)24(3)4/h5-15H,1-4H3/b14-7+. The van der Waals surface area contributed by atoms with Gasteiger partial charge in [-0.1, -0.05) is 18.2 Å². The van der Waals surface area contributed by atoms with Crippen LogP contribution in [0.5, 0.6) is 0 Å². The van der Waals surface area contributed by atoms with E-state index in [4.69, 9.17) is 0 Å². The van der Waals surface area contributed by atoms with Crippen LogP contribution in [0.15, 0.2) is 60.7 Å². The number of aryl methyl sites for hydroxylation is 2. The smallest absolute Gasteiger partial charge is 0.185 e. The SMILES string of the molecule is Cc1cc(C)n(-c2ccc(C(=O)/C=C/c3ccc(N(C)C)cc3)cc2)n1. The summed E-state index contributed by atoms with van der Waals surface area (Å²) in [5.41, 5.74) is 5.80. The third-order valence-electron chi connectivity index (χ3n) is 4.24. The number of hydrogen-bond acceptors (Lipinski definition) is 3. The van der Waals surface area contributed by atoms with Crippen LogP contribution in [0.1, 0.15) is 27.3 Å². The number of rotatable bonds is 5. The molecule has 4 nitrogen and oxygen atoms in total. The van der Waals surface area contributed by atoms with Gasteiger partial charge in [-0.25, -0.2) is 4.68 Å². The number of carbonyl (C=O) groups is 1. The van der Waals surface area contributed by atoms with Crippen molar-refractivity contribution in [1.82, 2.24) is 9.78 Å². The van der Waals surface area contributed by atoms with Crippen LogP contribution >= 0.6 is 0 Å². The summed E-state index contributed by atoms with van der Waals surface area (Å²) >= 11 is 0. The van der Waals surface area contributed by atoms with Gasteiger partial charge in [0.05, 0.1) is 11.4 Å². The molecule has 0 fully saturated rings. The maximum Gasteiger partial charge on any atom is 0.185 e. The molecular formula is C22H23N3O. The number of ketones is 1. The first-order chi connectivity index (χ1) is 12.4. The van der Waals surface area contributed by atoms with E-state index in [9.17, 15) is 4.79 Å². The first-order valence-corrected chi connectivity index (χ1v) is 8.57. The molecule has 1 aromatic heterocycles. The third kappa shape index (κ3) is 3.91.